The Balaban J connectivity index is 1.37. The number of rotatable bonds is 8. The van der Waals surface area contributed by atoms with Crippen LogP contribution in [0.2, 0.25) is 5.28 Å². The predicted molar refractivity (Wildman–Crippen MR) is 128 cm³/mol. The van der Waals surface area contributed by atoms with E-state index in [4.69, 9.17) is 30.6 Å². The van der Waals surface area contributed by atoms with Gasteiger partial charge in [-0.2, -0.15) is 14.6 Å². The van der Waals surface area contributed by atoms with Crippen molar-refractivity contribution in [3.8, 4) is 0 Å². The standard InChI is InChI=1S/C19H23ClN6O9P2/c20-19-22-16(21-11-6-5-9-3-1-2-4-10(9)11)13-17(23-19)26(25-24-13)18-15(28)14(27)12(35-18)7-34-37(32,33)8-36(29,30)31/h1-4,11-12,14-15,18,27-28H,5-8H2,(H,32,33)(H,21,22,23)(H2,29,30,31)/t11-,12-,14-,15-,18+/m1/s1. The molecule has 3 heterocycles. The third-order valence-corrected chi connectivity index (χ3v) is 9.75. The van der Waals surface area contributed by atoms with Crippen LogP contribution in [0, 0.1) is 0 Å². The summed E-state index contributed by atoms with van der Waals surface area (Å²) in [5.74, 6) is -1.09. The Morgan fingerprint density at radius 3 is 2.68 bits per heavy atom. The van der Waals surface area contributed by atoms with Crippen LogP contribution in [0.5, 0.6) is 0 Å². The van der Waals surface area contributed by atoms with E-state index in [1.165, 1.54) is 5.56 Å². The molecule has 0 spiro atoms. The van der Waals surface area contributed by atoms with E-state index in [-0.39, 0.29) is 22.5 Å². The van der Waals surface area contributed by atoms with Gasteiger partial charge in [0.1, 0.15) is 18.3 Å². The number of ether oxygens (including phenoxy) is 1. The highest BCUT2D eigenvalue weighted by atomic mass is 35.5. The first kappa shape index (κ1) is 26.6. The normalized spacial score (nSPS) is 27.4. The number of aliphatic hydroxyl groups is 2. The van der Waals surface area contributed by atoms with Crippen molar-refractivity contribution in [1.29, 1.82) is 0 Å². The van der Waals surface area contributed by atoms with Crippen molar-refractivity contribution in [2.75, 3.05) is 17.8 Å². The van der Waals surface area contributed by atoms with Crippen LogP contribution >= 0.6 is 26.8 Å². The summed E-state index contributed by atoms with van der Waals surface area (Å²) in [7, 11) is -9.54. The summed E-state index contributed by atoms with van der Waals surface area (Å²) in [6, 6.07) is 7.96. The zero-order chi connectivity index (χ0) is 26.5. The van der Waals surface area contributed by atoms with Crippen molar-refractivity contribution in [3.05, 3.63) is 40.7 Å². The lowest BCUT2D eigenvalue weighted by atomic mass is 10.1. The third-order valence-electron chi connectivity index (χ3n) is 6.12. The molecular weight excluding hydrogens is 554 g/mol. The van der Waals surface area contributed by atoms with Gasteiger partial charge in [0.25, 0.3) is 0 Å². The van der Waals surface area contributed by atoms with Gasteiger partial charge in [0.15, 0.2) is 29.1 Å². The smallest absolute Gasteiger partial charge is 0.340 e. The first-order valence-corrected chi connectivity index (χ1v) is 15.0. The minimum absolute atomic E-state index is 0.0468. The summed E-state index contributed by atoms with van der Waals surface area (Å²) in [6.07, 6.45) is -4.12. The number of fused-ring (bicyclic) bond motifs is 2. The summed E-state index contributed by atoms with van der Waals surface area (Å²) in [4.78, 5) is 35.9. The molecule has 0 amide bonds. The lowest BCUT2D eigenvalue weighted by molar-refractivity contribution is -0.0549. The Hall–Kier alpha value is -2.03. The molecule has 1 aliphatic carbocycles. The van der Waals surface area contributed by atoms with E-state index >= 15 is 0 Å². The average molecular weight is 577 g/mol. The summed E-state index contributed by atoms with van der Waals surface area (Å²) in [5, 5.41) is 32.3. The van der Waals surface area contributed by atoms with Crippen molar-refractivity contribution in [2.24, 2.45) is 0 Å². The van der Waals surface area contributed by atoms with Crippen LogP contribution in [-0.2, 0) is 24.8 Å². The highest BCUT2D eigenvalue weighted by Gasteiger charge is 2.46. The number of aromatic nitrogens is 5. The summed E-state index contributed by atoms with van der Waals surface area (Å²) in [6.45, 7) is -0.737. The number of nitrogens with one attached hydrogen (secondary N) is 1. The van der Waals surface area contributed by atoms with Gasteiger partial charge in [0.05, 0.1) is 12.6 Å². The summed E-state index contributed by atoms with van der Waals surface area (Å²) >= 11 is 6.17. The molecule has 2 aromatic heterocycles. The first-order chi connectivity index (χ1) is 17.4. The molecule has 2 aliphatic rings. The van der Waals surface area contributed by atoms with Gasteiger partial charge in [-0.25, -0.2) is 0 Å². The minimum atomic E-state index is -4.84. The van der Waals surface area contributed by atoms with Crippen molar-refractivity contribution < 1.29 is 43.3 Å². The molecule has 3 aromatic rings. The molecule has 37 heavy (non-hydrogen) atoms. The molecule has 1 fully saturated rings. The molecule has 6 atom stereocenters. The molecular formula is C19H23ClN6O9P2. The molecule has 0 saturated carbocycles. The van der Waals surface area contributed by atoms with Crippen LogP contribution in [0.4, 0.5) is 5.82 Å². The SMILES string of the molecule is O=P(O)(O)CP(=O)(O)OC[C@H]1O[C@H](n2nnc3c(N[C@@H]4CCc5ccccc54)nc(Cl)nc32)[C@H](O)[C@@H]1O. The Kier molecular flexibility index (Phi) is 7.13. The lowest BCUT2D eigenvalue weighted by Gasteiger charge is -2.18. The number of hydrogen-bond acceptors (Lipinski definition) is 11. The molecule has 1 saturated heterocycles. The molecule has 15 nitrogen and oxygen atoms in total. The van der Waals surface area contributed by atoms with Crippen molar-refractivity contribution in [3.63, 3.8) is 0 Å². The average Bonchev–Trinajstić information content (AvgIpc) is 3.48. The van der Waals surface area contributed by atoms with E-state index in [0.29, 0.717) is 5.82 Å². The van der Waals surface area contributed by atoms with Gasteiger partial charge in [0, 0.05) is 0 Å². The van der Waals surface area contributed by atoms with Gasteiger partial charge < -0.3 is 39.5 Å². The molecule has 1 aromatic carbocycles. The number of aliphatic hydroxyl groups excluding tert-OH is 2. The minimum Gasteiger partial charge on any atom is -0.387 e. The second-order valence-electron chi connectivity index (χ2n) is 8.77. The maximum atomic E-state index is 11.9. The Bertz CT molecular complexity index is 1420. The maximum absolute atomic E-state index is 11.9. The fourth-order valence-electron chi connectivity index (χ4n) is 4.48. The van der Waals surface area contributed by atoms with E-state index in [1.807, 2.05) is 18.2 Å². The second kappa shape index (κ2) is 9.93. The zero-order valence-electron chi connectivity index (χ0n) is 18.9. The summed E-state index contributed by atoms with van der Waals surface area (Å²) in [5.41, 5.74) is 2.68. The molecule has 6 N–H and O–H groups in total. The Labute approximate surface area is 214 Å². The summed E-state index contributed by atoms with van der Waals surface area (Å²) < 4.78 is 34.4. The Morgan fingerprint density at radius 2 is 1.92 bits per heavy atom. The van der Waals surface area contributed by atoms with Gasteiger partial charge in [-0.05, 0) is 35.6 Å². The van der Waals surface area contributed by atoms with Gasteiger partial charge in [-0.1, -0.05) is 29.5 Å². The molecule has 5 rings (SSSR count). The largest absolute Gasteiger partial charge is 0.387 e. The number of nitrogens with zero attached hydrogens (tertiary/aromatic N) is 5. The number of halogens is 1. The van der Waals surface area contributed by atoms with Gasteiger partial charge in [0.2, 0.25) is 5.28 Å². The number of anilines is 1. The highest BCUT2D eigenvalue weighted by Crippen LogP contribution is 2.55. The van der Waals surface area contributed by atoms with Crippen molar-refractivity contribution in [1.82, 2.24) is 25.0 Å². The van der Waals surface area contributed by atoms with Crippen LogP contribution in [0.1, 0.15) is 29.8 Å². The number of aryl methyl sites for hydroxylation is 1. The molecule has 0 radical (unpaired) electrons. The first-order valence-electron chi connectivity index (χ1n) is 11.1. The van der Waals surface area contributed by atoms with E-state index in [1.54, 1.807) is 0 Å². The van der Waals surface area contributed by atoms with E-state index < -0.39 is 52.2 Å². The van der Waals surface area contributed by atoms with E-state index in [9.17, 15) is 24.2 Å². The predicted octanol–water partition coefficient (Wildman–Crippen LogP) is 0.930. The fourth-order valence-corrected chi connectivity index (χ4v) is 7.21. The molecule has 1 aliphatic heterocycles. The van der Waals surface area contributed by atoms with E-state index in [0.717, 1.165) is 23.1 Å². The monoisotopic (exact) mass is 576 g/mol. The van der Waals surface area contributed by atoms with Crippen molar-refractivity contribution >= 4 is 43.8 Å². The van der Waals surface area contributed by atoms with E-state index in [2.05, 4.69) is 31.7 Å². The Morgan fingerprint density at radius 1 is 1.16 bits per heavy atom. The van der Waals surface area contributed by atoms with Crippen LogP contribution in [-0.4, -0.2) is 80.7 Å². The maximum Gasteiger partial charge on any atom is 0.340 e. The molecule has 1 unspecified atom stereocenters. The van der Waals surface area contributed by atoms with Crippen LogP contribution in [0.25, 0.3) is 11.2 Å². The topological polar surface area (TPSA) is 222 Å². The number of hydrogen-bond donors (Lipinski definition) is 6. The van der Waals surface area contributed by atoms with Crippen LogP contribution < -0.4 is 5.32 Å². The molecule has 18 heteroatoms. The lowest BCUT2D eigenvalue weighted by Crippen LogP contribution is -2.33. The van der Waals surface area contributed by atoms with Crippen LogP contribution in [0.3, 0.4) is 0 Å². The van der Waals surface area contributed by atoms with Crippen LogP contribution in [0.15, 0.2) is 24.3 Å². The fraction of sp³-hybridized carbons (Fsp3) is 0.474. The van der Waals surface area contributed by atoms with Gasteiger partial charge in [-0.15, -0.1) is 5.10 Å². The van der Waals surface area contributed by atoms with Crippen molar-refractivity contribution in [2.45, 2.75) is 43.4 Å². The van der Waals surface area contributed by atoms with Gasteiger partial charge >= 0.3 is 15.2 Å². The van der Waals surface area contributed by atoms with Gasteiger partial charge in [-0.3, -0.25) is 9.13 Å². The third kappa shape index (κ3) is 5.57. The molecule has 0 bridgehead atoms. The highest BCUT2D eigenvalue weighted by molar-refractivity contribution is 7.70. The second-order valence-corrected chi connectivity index (χ2v) is 13.1. The zero-order valence-corrected chi connectivity index (χ0v) is 21.4. The number of benzene rings is 1. The quantitative estimate of drug-likeness (QED) is 0.162. The molecule has 200 valence electrons.